The number of allylic oxidation sites excluding steroid dienone is 2. The molecule has 1 fully saturated rings. The van der Waals surface area contributed by atoms with Crippen molar-refractivity contribution in [3.8, 4) is 11.3 Å². The smallest absolute Gasteiger partial charge is 0.323 e. The third kappa shape index (κ3) is 5.82. The van der Waals surface area contributed by atoms with E-state index in [1.54, 1.807) is 29.2 Å². The molecule has 0 aliphatic carbocycles. The quantitative estimate of drug-likeness (QED) is 0.626. The van der Waals surface area contributed by atoms with Crippen molar-refractivity contribution >= 4 is 17.5 Å². The number of nitrogens with one attached hydrogen (secondary N) is 1. The Morgan fingerprint density at radius 1 is 1.25 bits per heavy atom. The fourth-order valence-electron chi connectivity index (χ4n) is 3.39. The summed E-state index contributed by atoms with van der Waals surface area (Å²) in [6.07, 6.45) is 6.05. The van der Waals surface area contributed by atoms with Gasteiger partial charge in [-0.25, -0.2) is 14.2 Å². The van der Waals surface area contributed by atoms with Gasteiger partial charge in [0.25, 0.3) is 0 Å². The number of carbonyl (C=O) groups is 1. The molecule has 32 heavy (non-hydrogen) atoms. The molecule has 1 aliphatic rings. The van der Waals surface area contributed by atoms with Gasteiger partial charge in [0.2, 0.25) is 0 Å². The van der Waals surface area contributed by atoms with Gasteiger partial charge in [0.15, 0.2) is 5.82 Å². The summed E-state index contributed by atoms with van der Waals surface area (Å²) in [5, 5.41) is 2.80. The number of hydrogen-bond donors (Lipinski definition) is 2. The second-order valence-electron chi connectivity index (χ2n) is 8.27. The van der Waals surface area contributed by atoms with Crippen molar-refractivity contribution in [1.82, 2.24) is 14.8 Å². The number of aromatic nitrogens is 1. The van der Waals surface area contributed by atoms with Crippen LogP contribution in [0.3, 0.4) is 0 Å². The Morgan fingerprint density at radius 3 is 2.56 bits per heavy atom. The first-order chi connectivity index (χ1) is 15.3. The summed E-state index contributed by atoms with van der Waals surface area (Å²) in [4.78, 5) is 20.9. The lowest BCUT2D eigenvalue weighted by Gasteiger charge is -2.39. The third-order valence-corrected chi connectivity index (χ3v) is 5.43. The molecule has 0 spiro atoms. The van der Waals surface area contributed by atoms with Gasteiger partial charge in [-0.15, -0.1) is 0 Å². The summed E-state index contributed by atoms with van der Waals surface area (Å²) in [6.45, 7) is 8.05. The number of nitrogen functional groups attached to an aromatic ring is 1. The Morgan fingerprint density at radius 2 is 1.94 bits per heavy atom. The van der Waals surface area contributed by atoms with E-state index in [0.717, 1.165) is 17.7 Å². The third-order valence-electron chi connectivity index (χ3n) is 5.43. The maximum atomic E-state index is 13.2. The lowest BCUT2D eigenvalue weighted by atomic mass is 9.92. The number of nitrogens with two attached hydrogens (primary N) is 1. The Bertz CT molecular complexity index is 1040. The van der Waals surface area contributed by atoms with Crippen molar-refractivity contribution in [2.24, 2.45) is 5.92 Å². The van der Waals surface area contributed by atoms with E-state index in [1.165, 1.54) is 17.7 Å². The summed E-state index contributed by atoms with van der Waals surface area (Å²) < 4.78 is 13.2. The molecule has 0 bridgehead atoms. The first-order valence-corrected chi connectivity index (χ1v) is 10.5. The van der Waals surface area contributed by atoms with Gasteiger partial charge in [-0.3, -0.25) is 5.32 Å². The van der Waals surface area contributed by atoms with E-state index >= 15 is 0 Å². The monoisotopic (exact) mass is 435 g/mol. The van der Waals surface area contributed by atoms with Gasteiger partial charge in [-0.1, -0.05) is 30.4 Å². The van der Waals surface area contributed by atoms with Gasteiger partial charge in [-0.2, -0.15) is 0 Å². The van der Waals surface area contributed by atoms with Crippen LogP contribution < -0.4 is 11.1 Å². The van der Waals surface area contributed by atoms with Crippen molar-refractivity contribution in [3.63, 3.8) is 0 Å². The van der Waals surface area contributed by atoms with Crippen LogP contribution in [-0.4, -0.2) is 54.5 Å². The zero-order chi connectivity index (χ0) is 23.3. The van der Waals surface area contributed by atoms with Crippen molar-refractivity contribution < 1.29 is 9.18 Å². The van der Waals surface area contributed by atoms with Crippen molar-refractivity contribution in [2.75, 3.05) is 44.8 Å². The molecule has 2 amide bonds. The summed E-state index contributed by atoms with van der Waals surface area (Å²) >= 11 is 0. The van der Waals surface area contributed by atoms with Crippen LogP contribution in [0.5, 0.6) is 0 Å². The minimum absolute atomic E-state index is 0.237. The largest absolute Gasteiger partial charge is 0.396 e. The number of urea groups is 1. The van der Waals surface area contributed by atoms with Crippen LogP contribution in [0.4, 0.5) is 20.7 Å². The number of hydrogen-bond acceptors (Lipinski definition) is 4. The van der Waals surface area contributed by atoms with E-state index in [1.807, 2.05) is 20.2 Å². The van der Waals surface area contributed by atoms with E-state index in [2.05, 4.69) is 40.9 Å². The van der Waals surface area contributed by atoms with Gasteiger partial charge in [0.1, 0.15) is 5.82 Å². The number of likely N-dealkylation sites (N-methyl/N-ethyl adjacent to an activating group) is 1. The summed E-state index contributed by atoms with van der Waals surface area (Å²) in [7, 11) is 4.04. The van der Waals surface area contributed by atoms with Gasteiger partial charge in [-0.05, 0) is 63.0 Å². The maximum absolute atomic E-state index is 13.2. The molecule has 0 saturated carbocycles. The maximum Gasteiger partial charge on any atom is 0.323 e. The number of nitrogens with zero attached hydrogens (tertiary/aromatic N) is 3. The molecule has 1 aromatic heterocycles. The molecular formula is C25H30FN5O. The van der Waals surface area contributed by atoms with Crippen LogP contribution in [0.2, 0.25) is 0 Å². The summed E-state index contributed by atoms with van der Waals surface area (Å²) in [5.41, 5.74) is 10.1. The lowest BCUT2D eigenvalue weighted by Crippen LogP contribution is -2.52. The molecule has 3 rings (SSSR count). The molecule has 6 nitrogen and oxygen atoms in total. The van der Waals surface area contributed by atoms with Crippen LogP contribution in [-0.2, 0) is 0 Å². The molecule has 0 radical (unpaired) electrons. The van der Waals surface area contributed by atoms with Crippen LogP contribution >= 0.6 is 0 Å². The van der Waals surface area contributed by atoms with E-state index in [-0.39, 0.29) is 11.8 Å². The number of pyridine rings is 1. The minimum Gasteiger partial charge on any atom is -0.396 e. The molecule has 2 aromatic rings. The van der Waals surface area contributed by atoms with Gasteiger partial charge in [0.05, 0.1) is 11.4 Å². The van der Waals surface area contributed by atoms with E-state index in [4.69, 9.17) is 5.73 Å². The van der Waals surface area contributed by atoms with Crippen LogP contribution in [0.25, 0.3) is 11.3 Å². The standard InChI is InChI=1S/C25H30FN5O/c1-5-18(14-30(3)4)7-6-17(2)20-15-31(16-20)25(32)29-24-22(27)12-13-23(28-24)19-8-10-21(26)11-9-19/h5-13,20H,1,14-16,27H2,2-4H3,(H,28,29,32)/b17-6+,18-7+. The highest BCUT2D eigenvalue weighted by molar-refractivity contribution is 5.92. The van der Waals surface area contributed by atoms with Crippen LogP contribution in [0.1, 0.15) is 6.92 Å². The molecule has 1 saturated heterocycles. The first-order valence-electron chi connectivity index (χ1n) is 10.5. The molecule has 1 aromatic carbocycles. The van der Waals surface area contributed by atoms with Crippen molar-refractivity contribution in [3.05, 3.63) is 78.2 Å². The van der Waals surface area contributed by atoms with Gasteiger partial charge in [0, 0.05) is 31.1 Å². The number of benzene rings is 1. The average molecular weight is 436 g/mol. The van der Waals surface area contributed by atoms with E-state index in [9.17, 15) is 9.18 Å². The predicted molar refractivity (Wildman–Crippen MR) is 129 cm³/mol. The lowest BCUT2D eigenvalue weighted by molar-refractivity contribution is 0.148. The highest BCUT2D eigenvalue weighted by atomic mass is 19.1. The number of carbonyl (C=O) groups excluding carboxylic acids is 1. The Hall–Kier alpha value is -3.45. The first kappa shape index (κ1) is 23.2. The van der Waals surface area contributed by atoms with Gasteiger partial charge < -0.3 is 15.5 Å². The summed E-state index contributed by atoms with van der Waals surface area (Å²) in [6, 6.07) is 9.21. The Balaban J connectivity index is 1.60. The Labute approximate surface area is 188 Å². The molecule has 2 heterocycles. The fourth-order valence-corrected chi connectivity index (χ4v) is 3.39. The molecule has 1 aliphatic heterocycles. The van der Waals surface area contributed by atoms with E-state index in [0.29, 0.717) is 36.2 Å². The van der Waals surface area contributed by atoms with Crippen molar-refractivity contribution in [2.45, 2.75) is 6.92 Å². The second kappa shape index (κ2) is 10.2. The molecule has 168 valence electrons. The van der Waals surface area contributed by atoms with Crippen LogP contribution in [0, 0.1) is 11.7 Å². The Kier molecular flexibility index (Phi) is 7.43. The number of anilines is 2. The van der Waals surface area contributed by atoms with Gasteiger partial charge >= 0.3 is 6.03 Å². The average Bonchev–Trinajstić information content (AvgIpc) is 2.72. The highest BCUT2D eigenvalue weighted by Crippen LogP contribution is 2.27. The molecule has 7 heteroatoms. The molecule has 0 unspecified atom stereocenters. The van der Waals surface area contributed by atoms with Crippen molar-refractivity contribution in [1.29, 1.82) is 0 Å². The van der Waals surface area contributed by atoms with E-state index < -0.39 is 0 Å². The molecule has 3 N–H and O–H groups in total. The number of rotatable bonds is 7. The minimum atomic E-state index is -0.316. The number of likely N-dealkylation sites (tertiary alicyclic amines) is 1. The fraction of sp³-hybridized carbons (Fsp3) is 0.280. The zero-order valence-electron chi connectivity index (χ0n) is 18.8. The number of halogens is 1. The highest BCUT2D eigenvalue weighted by Gasteiger charge is 2.31. The topological polar surface area (TPSA) is 74.5 Å². The number of amides is 2. The SMILES string of the molecule is C=C/C(=C\C=C(/C)C1CN(C(=O)Nc2nc(-c3ccc(F)cc3)ccc2N)C1)CN(C)C. The normalized spacial score (nSPS) is 15.0. The zero-order valence-corrected chi connectivity index (χ0v) is 18.8. The molecular weight excluding hydrogens is 405 g/mol. The molecule has 0 atom stereocenters. The predicted octanol–water partition coefficient (Wildman–Crippen LogP) is 4.55. The second-order valence-corrected chi connectivity index (χ2v) is 8.27. The van der Waals surface area contributed by atoms with Crippen LogP contribution in [0.15, 0.2) is 72.4 Å². The summed E-state index contributed by atoms with van der Waals surface area (Å²) in [5.74, 6) is 0.302.